The van der Waals surface area contributed by atoms with Crippen LogP contribution in [0.5, 0.6) is 5.75 Å². The summed E-state index contributed by atoms with van der Waals surface area (Å²) in [7, 11) is 0. The first-order chi connectivity index (χ1) is 7.62. The molecule has 0 heterocycles. The van der Waals surface area contributed by atoms with Gasteiger partial charge >= 0.3 is 0 Å². The van der Waals surface area contributed by atoms with Crippen molar-refractivity contribution in [1.29, 1.82) is 0 Å². The first kappa shape index (κ1) is 12.0. The van der Waals surface area contributed by atoms with E-state index < -0.39 is 0 Å². The van der Waals surface area contributed by atoms with Crippen LogP contribution in [0.3, 0.4) is 0 Å². The topological polar surface area (TPSA) is 9.23 Å². The SMILES string of the molecule is CCOc1ccccc1C1C(CBr)C1(C)C. The highest BCUT2D eigenvalue weighted by molar-refractivity contribution is 9.09. The first-order valence-corrected chi connectivity index (χ1v) is 7.02. The van der Waals surface area contributed by atoms with Crippen LogP contribution < -0.4 is 4.74 Å². The molecule has 0 amide bonds. The number of hydrogen-bond acceptors (Lipinski definition) is 1. The van der Waals surface area contributed by atoms with Crippen molar-refractivity contribution < 1.29 is 4.74 Å². The predicted molar refractivity (Wildman–Crippen MR) is 71.4 cm³/mol. The highest BCUT2D eigenvalue weighted by atomic mass is 79.9. The molecule has 1 aromatic rings. The van der Waals surface area contributed by atoms with E-state index in [-0.39, 0.29) is 0 Å². The molecule has 1 aliphatic rings. The smallest absolute Gasteiger partial charge is 0.122 e. The molecule has 2 rings (SSSR count). The summed E-state index contributed by atoms with van der Waals surface area (Å²) in [5.41, 5.74) is 1.77. The van der Waals surface area contributed by atoms with Crippen molar-refractivity contribution in [3.63, 3.8) is 0 Å². The maximum absolute atomic E-state index is 5.71. The largest absolute Gasteiger partial charge is 0.494 e. The monoisotopic (exact) mass is 282 g/mol. The van der Waals surface area contributed by atoms with Crippen LogP contribution in [0.2, 0.25) is 0 Å². The fourth-order valence-corrected chi connectivity index (χ4v) is 3.88. The number of benzene rings is 1. The highest BCUT2D eigenvalue weighted by Gasteiger charge is 2.58. The summed E-state index contributed by atoms with van der Waals surface area (Å²) in [5, 5.41) is 1.07. The van der Waals surface area contributed by atoms with Gasteiger partial charge in [-0.3, -0.25) is 0 Å². The standard InChI is InChI=1S/C14H19BrO/c1-4-16-12-8-6-5-7-10(12)13-11(9-15)14(13,2)3/h5-8,11,13H,4,9H2,1-3H3. The van der Waals surface area contributed by atoms with E-state index in [4.69, 9.17) is 4.74 Å². The molecule has 88 valence electrons. The van der Waals surface area contributed by atoms with E-state index in [1.54, 1.807) is 0 Å². The van der Waals surface area contributed by atoms with Crippen LogP contribution >= 0.6 is 15.9 Å². The molecular formula is C14H19BrO. The number of alkyl halides is 1. The molecule has 0 spiro atoms. The minimum atomic E-state index is 0.400. The van der Waals surface area contributed by atoms with E-state index in [0.717, 1.165) is 23.6 Å². The molecule has 1 saturated carbocycles. The molecule has 0 bridgehead atoms. The van der Waals surface area contributed by atoms with E-state index in [2.05, 4.69) is 48.0 Å². The zero-order valence-electron chi connectivity index (χ0n) is 10.2. The van der Waals surface area contributed by atoms with Gasteiger partial charge < -0.3 is 4.74 Å². The molecule has 0 aromatic heterocycles. The van der Waals surface area contributed by atoms with E-state index in [1.165, 1.54) is 5.56 Å². The van der Waals surface area contributed by atoms with Gasteiger partial charge in [0.2, 0.25) is 0 Å². The predicted octanol–water partition coefficient (Wildman–Crippen LogP) is 4.22. The average molecular weight is 283 g/mol. The summed E-state index contributed by atoms with van der Waals surface area (Å²) < 4.78 is 5.71. The maximum Gasteiger partial charge on any atom is 0.122 e. The number of rotatable bonds is 4. The number of para-hydroxylation sites is 1. The van der Waals surface area contributed by atoms with E-state index in [0.29, 0.717) is 11.3 Å². The summed E-state index contributed by atoms with van der Waals surface area (Å²) in [4.78, 5) is 0. The second-order valence-electron chi connectivity index (χ2n) is 5.03. The van der Waals surface area contributed by atoms with Gasteiger partial charge in [0, 0.05) is 5.33 Å². The first-order valence-electron chi connectivity index (χ1n) is 5.90. The molecule has 0 aliphatic heterocycles. The Bertz CT molecular complexity index is 373. The van der Waals surface area contributed by atoms with Gasteiger partial charge in [-0.25, -0.2) is 0 Å². The second kappa shape index (κ2) is 4.40. The lowest BCUT2D eigenvalue weighted by atomic mass is 10.0. The fourth-order valence-electron chi connectivity index (χ4n) is 2.67. The summed E-state index contributed by atoms with van der Waals surface area (Å²) in [5.74, 6) is 2.43. The molecule has 1 nitrogen and oxygen atoms in total. The van der Waals surface area contributed by atoms with Crippen molar-refractivity contribution in [3.05, 3.63) is 29.8 Å². The normalized spacial score (nSPS) is 26.5. The molecule has 1 aromatic carbocycles. The Kier molecular flexibility index (Phi) is 3.29. The van der Waals surface area contributed by atoms with E-state index >= 15 is 0 Å². The van der Waals surface area contributed by atoms with E-state index in [1.807, 2.05) is 13.0 Å². The zero-order chi connectivity index (χ0) is 11.8. The van der Waals surface area contributed by atoms with Crippen LogP contribution in [0.1, 0.15) is 32.3 Å². The van der Waals surface area contributed by atoms with Crippen LogP contribution in [0.25, 0.3) is 0 Å². The molecule has 0 N–H and O–H groups in total. The zero-order valence-corrected chi connectivity index (χ0v) is 11.8. The van der Waals surface area contributed by atoms with Crippen LogP contribution in [0.15, 0.2) is 24.3 Å². The molecule has 0 radical (unpaired) electrons. The third-order valence-corrected chi connectivity index (χ3v) is 4.47. The average Bonchev–Trinajstić information content (AvgIpc) is 2.81. The Morgan fingerprint density at radius 3 is 2.56 bits per heavy atom. The summed E-state index contributed by atoms with van der Waals surface area (Å²) in [6.45, 7) is 7.46. The van der Waals surface area contributed by atoms with Crippen LogP contribution in [-0.2, 0) is 0 Å². The fraction of sp³-hybridized carbons (Fsp3) is 0.571. The van der Waals surface area contributed by atoms with Gasteiger partial charge in [-0.15, -0.1) is 0 Å². The summed E-state index contributed by atoms with van der Waals surface area (Å²) in [6.07, 6.45) is 0. The van der Waals surface area contributed by atoms with Crippen molar-refractivity contribution in [2.24, 2.45) is 11.3 Å². The number of ether oxygens (including phenoxy) is 1. The molecule has 2 heteroatoms. The van der Waals surface area contributed by atoms with Gasteiger partial charge in [0.15, 0.2) is 0 Å². The van der Waals surface area contributed by atoms with Crippen LogP contribution in [-0.4, -0.2) is 11.9 Å². The Hall–Kier alpha value is -0.500. The Morgan fingerprint density at radius 1 is 1.31 bits per heavy atom. The van der Waals surface area contributed by atoms with Crippen LogP contribution in [0, 0.1) is 11.3 Å². The quantitative estimate of drug-likeness (QED) is 0.752. The summed E-state index contributed by atoms with van der Waals surface area (Å²) in [6, 6.07) is 8.45. The van der Waals surface area contributed by atoms with Gasteiger partial charge in [0.05, 0.1) is 6.61 Å². The van der Waals surface area contributed by atoms with Crippen molar-refractivity contribution in [3.8, 4) is 5.75 Å². The number of hydrogen-bond donors (Lipinski definition) is 0. The molecule has 0 saturated heterocycles. The van der Waals surface area contributed by atoms with Crippen LogP contribution in [0.4, 0.5) is 0 Å². The van der Waals surface area contributed by atoms with Gasteiger partial charge in [0.25, 0.3) is 0 Å². The molecule has 2 atom stereocenters. The molecule has 1 aliphatic carbocycles. The molecule has 1 fully saturated rings. The van der Waals surface area contributed by atoms with Gasteiger partial charge in [-0.05, 0) is 35.8 Å². The second-order valence-corrected chi connectivity index (χ2v) is 5.68. The minimum Gasteiger partial charge on any atom is -0.494 e. The number of halogens is 1. The third kappa shape index (κ3) is 1.88. The van der Waals surface area contributed by atoms with Crippen molar-refractivity contribution in [2.45, 2.75) is 26.7 Å². The maximum atomic E-state index is 5.71. The van der Waals surface area contributed by atoms with Crippen molar-refractivity contribution in [2.75, 3.05) is 11.9 Å². The lowest BCUT2D eigenvalue weighted by molar-refractivity contribution is 0.335. The Balaban J connectivity index is 2.28. The van der Waals surface area contributed by atoms with E-state index in [9.17, 15) is 0 Å². The minimum absolute atomic E-state index is 0.400. The van der Waals surface area contributed by atoms with Gasteiger partial charge in [0.1, 0.15) is 5.75 Å². The highest BCUT2D eigenvalue weighted by Crippen LogP contribution is 2.66. The lowest BCUT2D eigenvalue weighted by Crippen LogP contribution is -1.97. The third-order valence-electron chi connectivity index (χ3n) is 3.77. The Labute approximate surface area is 106 Å². The van der Waals surface area contributed by atoms with Gasteiger partial charge in [-0.1, -0.05) is 48.0 Å². The summed E-state index contributed by atoms with van der Waals surface area (Å²) >= 11 is 3.61. The Morgan fingerprint density at radius 2 is 2.00 bits per heavy atom. The van der Waals surface area contributed by atoms with Crippen molar-refractivity contribution >= 4 is 15.9 Å². The van der Waals surface area contributed by atoms with Crippen molar-refractivity contribution in [1.82, 2.24) is 0 Å². The molecule has 16 heavy (non-hydrogen) atoms. The molecular weight excluding hydrogens is 264 g/mol. The lowest BCUT2D eigenvalue weighted by Gasteiger charge is -2.10. The van der Waals surface area contributed by atoms with Gasteiger partial charge in [-0.2, -0.15) is 0 Å². The molecule has 2 unspecified atom stereocenters.